The first-order valence-corrected chi connectivity index (χ1v) is 5.28. The van der Waals surface area contributed by atoms with Gasteiger partial charge in [0.15, 0.2) is 0 Å². The Kier molecular flexibility index (Phi) is 3.68. The SMILES string of the molecule is CC(CN)CN1C(=O)CN(C(C)C)C1=O. The predicted molar refractivity (Wildman–Crippen MR) is 57.2 cm³/mol. The Balaban J connectivity index is 2.67. The van der Waals surface area contributed by atoms with E-state index in [0.29, 0.717) is 13.1 Å². The van der Waals surface area contributed by atoms with Crippen molar-refractivity contribution in [2.75, 3.05) is 19.6 Å². The van der Waals surface area contributed by atoms with Crippen molar-refractivity contribution in [1.29, 1.82) is 0 Å². The van der Waals surface area contributed by atoms with Crippen molar-refractivity contribution >= 4 is 11.9 Å². The maximum Gasteiger partial charge on any atom is 0.327 e. The molecule has 0 aromatic heterocycles. The molecule has 1 aliphatic heterocycles. The van der Waals surface area contributed by atoms with Crippen LogP contribution in [0.4, 0.5) is 4.79 Å². The van der Waals surface area contributed by atoms with Crippen molar-refractivity contribution in [1.82, 2.24) is 9.80 Å². The van der Waals surface area contributed by atoms with E-state index in [2.05, 4.69) is 0 Å². The molecule has 0 aromatic carbocycles. The lowest BCUT2D eigenvalue weighted by atomic mass is 10.2. The Morgan fingerprint density at radius 2 is 1.93 bits per heavy atom. The molecule has 1 fully saturated rings. The van der Waals surface area contributed by atoms with E-state index in [1.54, 1.807) is 4.90 Å². The molecule has 1 atom stereocenters. The second-order valence-corrected chi connectivity index (χ2v) is 4.35. The Labute approximate surface area is 90.2 Å². The molecule has 5 nitrogen and oxygen atoms in total. The van der Waals surface area contributed by atoms with Crippen LogP contribution in [-0.2, 0) is 4.79 Å². The number of urea groups is 1. The monoisotopic (exact) mass is 213 g/mol. The molecule has 2 N–H and O–H groups in total. The van der Waals surface area contributed by atoms with E-state index in [9.17, 15) is 9.59 Å². The van der Waals surface area contributed by atoms with E-state index in [0.717, 1.165) is 0 Å². The van der Waals surface area contributed by atoms with Crippen LogP contribution in [0, 0.1) is 5.92 Å². The van der Waals surface area contributed by atoms with Crippen LogP contribution < -0.4 is 5.73 Å². The zero-order chi connectivity index (χ0) is 11.6. The molecule has 1 saturated heterocycles. The van der Waals surface area contributed by atoms with Crippen LogP contribution >= 0.6 is 0 Å². The van der Waals surface area contributed by atoms with Gasteiger partial charge in [-0.1, -0.05) is 6.92 Å². The van der Waals surface area contributed by atoms with Crippen LogP contribution in [0.5, 0.6) is 0 Å². The van der Waals surface area contributed by atoms with Gasteiger partial charge in [0.05, 0.1) is 0 Å². The number of carbonyl (C=O) groups excluding carboxylic acids is 2. The smallest absolute Gasteiger partial charge is 0.327 e. The summed E-state index contributed by atoms with van der Waals surface area (Å²) < 4.78 is 0. The zero-order valence-corrected chi connectivity index (χ0v) is 9.56. The minimum atomic E-state index is -0.185. The Hall–Kier alpha value is -1.10. The largest absolute Gasteiger partial charge is 0.330 e. The second kappa shape index (κ2) is 4.61. The summed E-state index contributed by atoms with van der Waals surface area (Å²) in [7, 11) is 0. The normalized spacial score (nSPS) is 19.3. The maximum atomic E-state index is 11.8. The molecule has 15 heavy (non-hydrogen) atoms. The minimum Gasteiger partial charge on any atom is -0.330 e. The third-order valence-electron chi connectivity index (χ3n) is 2.60. The van der Waals surface area contributed by atoms with Crippen LogP contribution in [0.1, 0.15) is 20.8 Å². The van der Waals surface area contributed by atoms with Crippen molar-refractivity contribution in [2.24, 2.45) is 11.7 Å². The molecule has 0 aromatic rings. The highest BCUT2D eigenvalue weighted by molar-refractivity contribution is 6.02. The third-order valence-corrected chi connectivity index (χ3v) is 2.60. The highest BCUT2D eigenvalue weighted by Gasteiger charge is 2.37. The molecule has 1 unspecified atom stereocenters. The van der Waals surface area contributed by atoms with Crippen LogP contribution in [0.2, 0.25) is 0 Å². The summed E-state index contributed by atoms with van der Waals surface area (Å²) in [5, 5.41) is 0. The summed E-state index contributed by atoms with van der Waals surface area (Å²) >= 11 is 0. The predicted octanol–water partition coefficient (Wildman–Crippen LogP) is 0.254. The average Bonchev–Trinajstić information content (AvgIpc) is 2.45. The molecule has 3 amide bonds. The summed E-state index contributed by atoms with van der Waals surface area (Å²) in [5.41, 5.74) is 5.47. The van der Waals surface area contributed by atoms with Gasteiger partial charge in [-0.2, -0.15) is 0 Å². The average molecular weight is 213 g/mol. The molecule has 0 saturated carbocycles. The van der Waals surface area contributed by atoms with Crippen LogP contribution in [0.3, 0.4) is 0 Å². The molecule has 1 heterocycles. The van der Waals surface area contributed by atoms with Gasteiger partial charge >= 0.3 is 6.03 Å². The lowest BCUT2D eigenvalue weighted by molar-refractivity contribution is -0.125. The van der Waals surface area contributed by atoms with Gasteiger partial charge in [-0.05, 0) is 26.3 Å². The first-order valence-electron chi connectivity index (χ1n) is 5.28. The number of imide groups is 1. The van der Waals surface area contributed by atoms with Crippen LogP contribution in [0.15, 0.2) is 0 Å². The first-order chi connectivity index (χ1) is 6.97. The molecule has 1 aliphatic rings. The summed E-state index contributed by atoms with van der Waals surface area (Å²) in [6.07, 6.45) is 0. The van der Waals surface area contributed by atoms with Gasteiger partial charge in [0.1, 0.15) is 6.54 Å². The summed E-state index contributed by atoms with van der Waals surface area (Å²) in [6, 6.07) is -0.116. The summed E-state index contributed by atoms with van der Waals surface area (Å²) in [4.78, 5) is 26.3. The van der Waals surface area contributed by atoms with E-state index in [-0.39, 0.29) is 30.4 Å². The second-order valence-electron chi connectivity index (χ2n) is 4.35. The van der Waals surface area contributed by atoms with Gasteiger partial charge in [0.25, 0.3) is 0 Å². The molecular formula is C10H19N3O2. The lowest BCUT2D eigenvalue weighted by Gasteiger charge is -2.21. The number of hydrogen-bond donors (Lipinski definition) is 1. The number of nitrogens with two attached hydrogens (primary N) is 1. The van der Waals surface area contributed by atoms with E-state index in [4.69, 9.17) is 5.73 Å². The fraction of sp³-hybridized carbons (Fsp3) is 0.800. The van der Waals surface area contributed by atoms with E-state index >= 15 is 0 Å². The van der Waals surface area contributed by atoms with E-state index in [1.165, 1.54) is 4.90 Å². The molecule has 5 heteroatoms. The van der Waals surface area contributed by atoms with E-state index in [1.807, 2.05) is 20.8 Å². The topological polar surface area (TPSA) is 66.6 Å². The molecule has 0 aliphatic carbocycles. The summed E-state index contributed by atoms with van der Waals surface area (Å²) in [6.45, 7) is 6.85. The number of rotatable bonds is 4. The highest BCUT2D eigenvalue weighted by Crippen LogP contribution is 2.14. The molecule has 1 rings (SSSR count). The van der Waals surface area contributed by atoms with Gasteiger partial charge in [0.2, 0.25) is 5.91 Å². The molecule has 0 bridgehead atoms. The van der Waals surface area contributed by atoms with Crippen molar-refractivity contribution in [3.63, 3.8) is 0 Å². The van der Waals surface area contributed by atoms with Crippen molar-refractivity contribution < 1.29 is 9.59 Å². The Bertz CT molecular complexity index is 265. The van der Waals surface area contributed by atoms with Gasteiger partial charge in [0, 0.05) is 12.6 Å². The van der Waals surface area contributed by atoms with Crippen molar-refractivity contribution in [3.05, 3.63) is 0 Å². The highest BCUT2D eigenvalue weighted by atomic mass is 16.2. The molecule has 86 valence electrons. The fourth-order valence-corrected chi connectivity index (χ4v) is 1.53. The van der Waals surface area contributed by atoms with Gasteiger partial charge in [-0.3, -0.25) is 9.69 Å². The lowest BCUT2D eigenvalue weighted by Crippen LogP contribution is -2.39. The zero-order valence-electron chi connectivity index (χ0n) is 9.56. The number of amides is 3. The molecule has 0 radical (unpaired) electrons. The minimum absolute atomic E-state index is 0.0691. The number of hydrogen-bond acceptors (Lipinski definition) is 3. The fourth-order valence-electron chi connectivity index (χ4n) is 1.53. The van der Waals surface area contributed by atoms with Gasteiger partial charge < -0.3 is 10.6 Å². The molecular weight excluding hydrogens is 194 g/mol. The Morgan fingerprint density at radius 3 is 2.33 bits per heavy atom. The first kappa shape index (κ1) is 12.0. The third kappa shape index (κ3) is 2.47. The van der Waals surface area contributed by atoms with Crippen LogP contribution in [-0.4, -0.2) is 47.4 Å². The standard InChI is InChI=1S/C10H19N3O2/c1-7(2)12-6-9(14)13(10(12)15)5-8(3)4-11/h7-8H,4-6,11H2,1-3H3. The summed E-state index contributed by atoms with van der Waals surface area (Å²) in [5.74, 6) is 0.0408. The molecule has 0 spiro atoms. The van der Waals surface area contributed by atoms with Crippen molar-refractivity contribution in [3.8, 4) is 0 Å². The quantitative estimate of drug-likeness (QED) is 0.681. The van der Waals surface area contributed by atoms with Gasteiger partial charge in [-0.15, -0.1) is 0 Å². The number of carbonyl (C=O) groups is 2. The van der Waals surface area contributed by atoms with Crippen LogP contribution in [0.25, 0.3) is 0 Å². The maximum absolute atomic E-state index is 11.8. The number of nitrogens with zero attached hydrogens (tertiary/aromatic N) is 2. The van der Waals surface area contributed by atoms with Gasteiger partial charge in [-0.25, -0.2) is 4.79 Å². The Morgan fingerprint density at radius 1 is 1.33 bits per heavy atom. The van der Waals surface area contributed by atoms with Crippen molar-refractivity contribution in [2.45, 2.75) is 26.8 Å². The van der Waals surface area contributed by atoms with E-state index < -0.39 is 0 Å².